The van der Waals surface area contributed by atoms with Crippen LogP contribution in [0.4, 0.5) is 15.3 Å². The van der Waals surface area contributed by atoms with E-state index < -0.39 is 0 Å². The van der Waals surface area contributed by atoms with Crippen LogP contribution in [-0.4, -0.2) is 42.8 Å². The molecule has 1 aromatic carbocycles. The van der Waals surface area contributed by atoms with E-state index in [1.165, 1.54) is 0 Å². The summed E-state index contributed by atoms with van der Waals surface area (Å²) < 4.78 is 5.02. The highest BCUT2D eigenvalue weighted by atomic mass is 16.6. The number of benzene rings is 1. The molecule has 1 aliphatic rings. The van der Waals surface area contributed by atoms with E-state index in [1.54, 1.807) is 11.8 Å². The molecule has 6 nitrogen and oxygen atoms in total. The number of para-hydroxylation sites is 1. The van der Waals surface area contributed by atoms with Crippen LogP contribution >= 0.6 is 0 Å². The quantitative estimate of drug-likeness (QED) is 0.856. The van der Waals surface area contributed by atoms with E-state index in [2.05, 4.69) is 24.5 Å². The lowest BCUT2D eigenvalue weighted by Crippen LogP contribution is -2.47. The minimum absolute atomic E-state index is 0.0736. The van der Waals surface area contributed by atoms with Crippen LogP contribution in [0.3, 0.4) is 0 Å². The van der Waals surface area contributed by atoms with Crippen molar-refractivity contribution in [3.05, 3.63) is 29.3 Å². The summed E-state index contributed by atoms with van der Waals surface area (Å²) in [5, 5.41) is 6.06. The van der Waals surface area contributed by atoms with Gasteiger partial charge in [-0.25, -0.2) is 9.59 Å². The fourth-order valence-corrected chi connectivity index (χ4v) is 3.16. The smallest absolute Gasteiger partial charge is 0.409 e. The average Bonchev–Trinajstić information content (AvgIpc) is 2.62. The van der Waals surface area contributed by atoms with E-state index in [9.17, 15) is 9.59 Å². The molecule has 0 spiro atoms. The van der Waals surface area contributed by atoms with Gasteiger partial charge in [0.2, 0.25) is 0 Å². The topological polar surface area (TPSA) is 70.7 Å². The van der Waals surface area contributed by atoms with Crippen LogP contribution in [-0.2, 0) is 17.6 Å². The number of nitrogens with one attached hydrogen (secondary N) is 2. The summed E-state index contributed by atoms with van der Waals surface area (Å²) in [5.74, 6) is 0. The Morgan fingerprint density at radius 1 is 1.12 bits per heavy atom. The van der Waals surface area contributed by atoms with Crippen LogP contribution in [0, 0.1) is 0 Å². The van der Waals surface area contributed by atoms with E-state index in [0.29, 0.717) is 19.7 Å². The summed E-state index contributed by atoms with van der Waals surface area (Å²) in [7, 11) is 0. The third-order valence-electron chi connectivity index (χ3n) is 4.59. The first-order valence-electron chi connectivity index (χ1n) is 9.18. The highest BCUT2D eigenvalue weighted by molar-refractivity contribution is 5.91. The van der Waals surface area contributed by atoms with Crippen molar-refractivity contribution in [1.82, 2.24) is 10.2 Å². The second-order valence-corrected chi connectivity index (χ2v) is 6.22. The van der Waals surface area contributed by atoms with Crippen LogP contribution in [0.1, 0.15) is 44.7 Å². The monoisotopic (exact) mass is 347 g/mol. The van der Waals surface area contributed by atoms with Crippen molar-refractivity contribution >= 4 is 17.8 Å². The van der Waals surface area contributed by atoms with Gasteiger partial charge >= 0.3 is 12.1 Å². The number of ether oxygens (including phenoxy) is 1. The van der Waals surface area contributed by atoms with Gasteiger partial charge in [0.1, 0.15) is 0 Å². The largest absolute Gasteiger partial charge is 0.450 e. The summed E-state index contributed by atoms with van der Waals surface area (Å²) in [6.07, 6.45) is 2.96. The van der Waals surface area contributed by atoms with Gasteiger partial charge in [-0.15, -0.1) is 0 Å². The Hall–Kier alpha value is -2.24. The van der Waals surface area contributed by atoms with Gasteiger partial charge in [0.25, 0.3) is 0 Å². The predicted octanol–water partition coefficient (Wildman–Crippen LogP) is 3.55. The fraction of sp³-hybridized carbons (Fsp3) is 0.579. The second kappa shape index (κ2) is 9.30. The molecule has 0 aromatic heterocycles. The molecule has 0 saturated carbocycles. The maximum atomic E-state index is 12.4. The summed E-state index contributed by atoms with van der Waals surface area (Å²) in [6.45, 7) is 7.57. The molecule has 0 atom stereocenters. The summed E-state index contributed by atoms with van der Waals surface area (Å²) in [4.78, 5) is 25.8. The van der Waals surface area contributed by atoms with E-state index in [-0.39, 0.29) is 18.2 Å². The zero-order valence-electron chi connectivity index (χ0n) is 15.4. The van der Waals surface area contributed by atoms with Crippen LogP contribution in [0.25, 0.3) is 0 Å². The molecule has 0 radical (unpaired) electrons. The van der Waals surface area contributed by atoms with Gasteiger partial charge in [-0.3, -0.25) is 0 Å². The van der Waals surface area contributed by atoms with Crippen molar-refractivity contribution in [3.63, 3.8) is 0 Å². The molecule has 1 aliphatic heterocycles. The number of carbonyl (C=O) groups excluding carboxylic acids is 2. The lowest BCUT2D eigenvalue weighted by atomic mass is 10.0. The molecule has 1 fully saturated rings. The lowest BCUT2D eigenvalue weighted by Gasteiger charge is -2.31. The van der Waals surface area contributed by atoms with Gasteiger partial charge in [0.15, 0.2) is 0 Å². The zero-order valence-corrected chi connectivity index (χ0v) is 15.4. The number of nitrogens with zero attached hydrogens (tertiary/aromatic N) is 1. The first-order valence-corrected chi connectivity index (χ1v) is 9.18. The van der Waals surface area contributed by atoms with Crippen LogP contribution in [0.5, 0.6) is 0 Å². The molecule has 0 unspecified atom stereocenters. The number of aryl methyl sites for hydroxylation is 2. The van der Waals surface area contributed by atoms with E-state index in [0.717, 1.165) is 42.5 Å². The van der Waals surface area contributed by atoms with Crippen molar-refractivity contribution < 1.29 is 14.3 Å². The van der Waals surface area contributed by atoms with Gasteiger partial charge in [-0.2, -0.15) is 0 Å². The average molecular weight is 347 g/mol. The van der Waals surface area contributed by atoms with Gasteiger partial charge < -0.3 is 20.3 Å². The highest BCUT2D eigenvalue weighted by Crippen LogP contribution is 2.22. The minimum Gasteiger partial charge on any atom is -0.450 e. The Balaban J connectivity index is 1.89. The number of hydrogen-bond donors (Lipinski definition) is 2. The standard InChI is InChI=1S/C19H29N3O3/c1-4-14-8-7-9-15(5-2)17(14)21-18(23)20-16-10-12-22(13-11-16)19(24)25-6-3/h7-9,16H,4-6,10-13H2,1-3H3,(H2,20,21,23). The minimum atomic E-state index is -0.269. The number of amides is 3. The van der Waals surface area contributed by atoms with Crippen LogP contribution < -0.4 is 10.6 Å². The predicted molar refractivity (Wildman–Crippen MR) is 99.0 cm³/mol. The van der Waals surface area contributed by atoms with Gasteiger partial charge in [0, 0.05) is 24.8 Å². The van der Waals surface area contributed by atoms with Crippen molar-refractivity contribution in [3.8, 4) is 0 Å². The molecule has 2 N–H and O–H groups in total. The number of carbonyl (C=O) groups is 2. The fourth-order valence-electron chi connectivity index (χ4n) is 3.16. The van der Waals surface area contributed by atoms with Crippen molar-refractivity contribution in [1.29, 1.82) is 0 Å². The zero-order chi connectivity index (χ0) is 18.2. The normalized spacial score (nSPS) is 14.9. The Morgan fingerprint density at radius 3 is 2.24 bits per heavy atom. The molecule has 0 aliphatic carbocycles. The molecule has 1 aromatic rings. The SMILES string of the molecule is CCOC(=O)N1CCC(NC(=O)Nc2c(CC)cccc2CC)CC1. The molecule has 1 saturated heterocycles. The number of rotatable bonds is 5. The van der Waals surface area contributed by atoms with Crippen LogP contribution in [0.2, 0.25) is 0 Å². The number of anilines is 1. The molecule has 1 heterocycles. The van der Waals surface area contributed by atoms with Crippen LogP contribution in [0.15, 0.2) is 18.2 Å². The third-order valence-corrected chi connectivity index (χ3v) is 4.59. The molecule has 3 amide bonds. The summed E-state index contributed by atoms with van der Waals surface area (Å²) >= 11 is 0. The van der Waals surface area contributed by atoms with Gasteiger partial charge in [0.05, 0.1) is 6.61 Å². The summed E-state index contributed by atoms with van der Waals surface area (Å²) in [5.41, 5.74) is 3.22. The molecule has 6 heteroatoms. The van der Waals surface area contributed by atoms with Crippen molar-refractivity contribution in [2.45, 2.75) is 52.5 Å². The molecule has 25 heavy (non-hydrogen) atoms. The molecule has 2 rings (SSSR count). The molecule has 138 valence electrons. The first kappa shape index (κ1) is 19.1. The van der Waals surface area contributed by atoms with E-state index in [1.807, 2.05) is 18.2 Å². The third kappa shape index (κ3) is 5.11. The second-order valence-electron chi connectivity index (χ2n) is 6.22. The Morgan fingerprint density at radius 2 is 1.72 bits per heavy atom. The van der Waals surface area contributed by atoms with Crippen molar-refractivity contribution in [2.24, 2.45) is 0 Å². The molecular weight excluding hydrogens is 318 g/mol. The lowest BCUT2D eigenvalue weighted by molar-refractivity contribution is 0.0959. The number of likely N-dealkylation sites (tertiary alicyclic amines) is 1. The number of urea groups is 1. The molecule has 0 bridgehead atoms. The van der Waals surface area contributed by atoms with E-state index in [4.69, 9.17) is 4.74 Å². The van der Waals surface area contributed by atoms with Crippen molar-refractivity contribution in [2.75, 3.05) is 25.0 Å². The van der Waals surface area contributed by atoms with E-state index >= 15 is 0 Å². The molecular formula is C19H29N3O3. The number of hydrogen-bond acceptors (Lipinski definition) is 3. The highest BCUT2D eigenvalue weighted by Gasteiger charge is 2.24. The Kier molecular flexibility index (Phi) is 7.10. The summed E-state index contributed by atoms with van der Waals surface area (Å²) in [6, 6.07) is 6.03. The van der Waals surface area contributed by atoms with Gasteiger partial charge in [-0.1, -0.05) is 32.0 Å². The first-order chi connectivity index (χ1) is 12.1. The maximum absolute atomic E-state index is 12.4. The van der Waals surface area contributed by atoms with Gasteiger partial charge in [-0.05, 0) is 43.7 Å². The Bertz CT molecular complexity index is 573. The Labute approximate surface area is 149 Å². The number of piperidine rings is 1. The maximum Gasteiger partial charge on any atom is 0.409 e.